The van der Waals surface area contributed by atoms with Gasteiger partial charge in [-0.25, -0.2) is 22.3 Å². The molecule has 0 atom stereocenters. The molecule has 1 aliphatic heterocycles. The summed E-state index contributed by atoms with van der Waals surface area (Å²) in [4.78, 5) is 23.9. The zero-order valence-electron chi connectivity index (χ0n) is 16.2. The van der Waals surface area contributed by atoms with Gasteiger partial charge in [-0.15, -0.1) is 0 Å². The summed E-state index contributed by atoms with van der Waals surface area (Å²) in [5, 5.41) is 2.20. The van der Waals surface area contributed by atoms with Crippen LogP contribution >= 0.6 is 0 Å². The van der Waals surface area contributed by atoms with Crippen molar-refractivity contribution in [3.8, 4) is 5.75 Å². The molecule has 1 saturated heterocycles. The van der Waals surface area contributed by atoms with Crippen LogP contribution in [0.5, 0.6) is 5.75 Å². The molecule has 2 fully saturated rings. The van der Waals surface area contributed by atoms with E-state index in [-0.39, 0.29) is 30.5 Å². The molecule has 3 amide bonds. The van der Waals surface area contributed by atoms with Crippen molar-refractivity contribution in [1.82, 2.24) is 14.9 Å². The second-order valence-electron chi connectivity index (χ2n) is 7.49. The van der Waals surface area contributed by atoms with Gasteiger partial charge < -0.3 is 9.64 Å². The molecular weight excluding hydrogens is 401 g/mol. The van der Waals surface area contributed by atoms with Gasteiger partial charge in [-0.05, 0) is 49.3 Å². The largest absolute Gasteiger partial charge is 0.490 e. The Labute approximate surface area is 169 Å². The number of rotatable bonds is 12. The molecule has 1 saturated carbocycles. The number of benzene rings is 1. The minimum atomic E-state index is -3.47. The maximum atomic E-state index is 13.8. The third-order valence-corrected chi connectivity index (χ3v) is 6.28. The van der Waals surface area contributed by atoms with Gasteiger partial charge in [-0.3, -0.25) is 10.1 Å². The Morgan fingerprint density at radius 2 is 2.00 bits per heavy atom. The minimum Gasteiger partial charge on any atom is -0.490 e. The molecule has 0 radical (unpaired) electrons. The minimum absolute atomic E-state index is 0.0373. The van der Waals surface area contributed by atoms with E-state index >= 15 is 0 Å². The molecule has 1 aromatic carbocycles. The van der Waals surface area contributed by atoms with Crippen LogP contribution in [0.1, 0.15) is 37.7 Å². The molecule has 0 unspecified atom stereocenters. The van der Waals surface area contributed by atoms with E-state index in [1.807, 2.05) is 0 Å². The zero-order chi connectivity index (χ0) is 20.9. The van der Waals surface area contributed by atoms with E-state index in [1.54, 1.807) is 0 Å². The van der Waals surface area contributed by atoms with E-state index in [0.717, 1.165) is 12.8 Å². The fourth-order valence-corrected chi connectivity index (χ4v) is 4.08. The molecule has 0 spiro atoms. The lowest BCUT2D eigenvalue weighted by Gasteiger charge is -2.12. The van der Waals surface area contributed by atoms with Crippen molar-refractivity contribution in [3.05, 3.63) is 29.6 Å². The molecule has 0 bridgehead atoms. The highest BCUT2D eigenvalue weighted by molar-refractivity contribution is 7.89. The molecule has 1 aromatic rings. The quantitative estimate of drug-likeness (QED) is 0.391. The first-order valence-electron chi connectivity index (χ1n) is 9.80. The third-order valence-electron chi connectivity index (χ3n) is 4.87. The van der Waals surface area contributed by atoms with Crippen molar-refractivity contribution in [2.45, 2.75) is 38.6 Å². The summed E-state index contributed by atoms with van der Waals surface area (Å²) in [5.74, 6) is -0.158. The SMILES string of the molecule is O=C1CN(CCCCCS(=O)(=O)NCc2ccc(F)c(OCC3CC3)c2)C(=O)N1. The van der Waals surface area contributed by atoms with Gasteiger partial charge in [0.1, 0.15) is 6.54 Å². The molecule has 0 aromatic heterocycles. The number of nitrogens with one attached hydrogen (secondary N) is 2. The van der Waals surface area contributed by atoms with Crippen molar-refractivity contribution < 1.29 is 27.1 Å². The maximum absolute atomic E-state index is 13.8. The van der Waals surface area contributed by atoms with Gasteiger partial charge in [-0.1, -0.05) is 12.5 Å². The topological polar surface area (TPSA) is 105 Å². The van der Waals surface area contributed by atoms with E-state index in [2.05, 4.69) is 10.0 Å². The summed E-state index contributed by atoms with van der Waals surface area (Å²) in [6, 6.07) is 3.95. The standard InChI is InChI=1S/C19H26FN3O5S/c20-16-7-6-15(10-17(16)28-13-14-4-5-14)11-21-29(26,27)9-3-1-2-8-23-12-18(24)22-19(23)25/h6-7,10,14,21H,1-5,8-9,11-13H2,(H,22,24,25). The number of carbonyl (C=O) groups excluding carboxylic acids is 2. The van der Waals surface area contributed by atoms with Crippen LogP contribution < -0.4 is 14.8 Å². The molecule has 2 N–H and O–H groups in total. The summed E-state index contributed by atoms with van der Waals surface area (Å²) < 4.78 is 46.1. The van der Waals surface area contributed by atoms with E-state index < -0.39 is 21.9 Å². The van der Waals surface area contributed by atoms with Crippen molar-refractivity contribution in [2.75, 3.05) is 25.4 Å². The number of carbonyl (C=O) groups is 2. The van der Waals surface area contributed by atoms with Crippen LogP contribution in [0.3, 0.4) is 0 Å². The normalized spacial score (nSPS) is 16.9. The molecule has 29 heavy (non-hydrogen) atoms. The number of amides is 3. The van der Waals surface area contributed by atoms with Crippen LogP contribution in [-0.4, -0.2) is 50.7 Å². The van der Waals surface area contributed by atoms with E-state index in [1.165, 1.54) is 23.1 Å². The summed E-state index contributed by atoms with van der Waals surface area (Å²) >= 11 is 0. The Balaban J connectivity index is 1.36. The molecule has 3 rings (SSSR count). The van der Waals surface area contributed by atoms with Crippen LogP contribution in [-0.2, 0) is 21.4 Å². The lowest BCUT2D eigenvalue weighted by Crippen LogP contribution is -2.29. The highest BCUT2D eigenvalue weighted by atomic mass is 32.2. The Bertz CT molecular complexity index is 857. The highest BCUT2D eigenvalue weighted by Gasteiger charge is 2.25. The smallest absolute Gasteiger partial charge is 0.324 e. The second kappa shape index (κ2) is 9.53. The molecule has 10 heteroatoms. The summed E-state index contributed by atoms with van der Waals surface area (Å²) in [6.07, 6.45) is 3.89. The summed E-state index contributed by atoms with van der Waals surface area (Å²) in [7, 11) is -3.47. The van der Waals surface area contributed by atoms with Crippen LogP contribution in [0.2, 0.25) is 0 Å². The fraction of sp³-hybridized carbons (Fsp3) is 0.579. The number of sulfonamides is 1. The molecule has 2 aliphatic rings. The lowest BCUT2D eigenvalue weighted by atomic mass is 10.2. The van der Waals surface area contributed by atoms with Crippen molar-refractivity contribution in [3.63, 3.8) is 0 Å². The Hall–Kier alpha value is -2.20. The van der Waals surface area contributed by atoms with Gasteiger partial charge >= 0.3 is 6.03 Å². The lowest BCUT2D eigenvalue weighted by molar-refractivity contribution is -0.118. The molecule has 160 valence electrons. The molecular formula is C19H26FN3O5S. The van der Waals surface area contributed by atoms with E-state index in [0.29, 0.717) is 43.9 Å². The first kappa shape index (κ1) is 21.5. The molecule has 8 nitrogen and oxygen atoms in total. The van der Waals surface area contributed by atoms with Gasteiger partial charge in [0.2, 0.25) is 15.9 Å². The van der Waals surface area contributed by atoms with E-state index in [4.69, 9.17) is 4.74 Å². The number of nitrogens with zero attached hydrogens (tertiary/aromatic N) is 1. The Morgan fingerprint density at radius 3 is 2.69 bits per heavy atom. The zero-order valence-corrected chi connectivity index (χ0v) is 17.0. The van der Waals surface area contributed by atoms with Crippen molar-refractivity contribution in [1.29, 1.82) is 0 Å². The summed E-state index contributed by atoms with van der Waals surface area (Å²) in [6.45, 7) is 1.03. The first-order valence-corrected chi connectivity index (χ1v) is 11.4. The number of imide groups is 1. The van der Waals surface area contributed by atoms with Crippen molar-refractivity contribution >= 4 is 22.0 Å². The van der Waals surface area contributed by atoms with Gasteiger partial charge in [-0.2, -0.15) is 0 Å². The third kappa shape index (κ3) is 6.97. The highest BCUT2D eigenvalue weighted by Crippen LogP contribution is 2.30. The van der Waals surface area contributed by atoms with Crippen LogP contribution in [0.4, 0.5) is 9.18 Å². The molecule has 1 aliphatic carbocycles. The number of halogens is 1. The predicted molar refractivity (Wildman–Crippen MR) is 104 cm³/mol. The van der Waals surface area contributed by atoms with Crippen LogP contribution in [0.25, 0.3) is 0 Å². The van der Waals surface area contributed by atoms with Gasteiger partial charge in [0.05, 0.1) is 12.4 Å². The number of urea groups is 1. The Kier molecular flexibility index (Phi) is 7.07. The number of hydrogen-bond donors (Lipinski definition) is 2. The summed E-state index contributed by atoms with van der Waals surface area (Å²) in [5.41, 5.74) is 0.630. The number of unbranched alkanes of at least 4 members (excludes halogenated alkanes) is 2. The van der Waals surface area contributed by atoms with Gasteiger partial charge in [0.25, 0.3) is 0 Å². The number of ether oxygens (including phenoxy) is 1. The second-order valence-corrected chi connectivity index (χ2v) is 9.42. The average molecular weight is 427 g/mol. The van der Waals surface area contributed by atoms with Crippen LogP contribution in [0, 0.1) is 11.7 Å². The number of hydrogen-bond acceptors (Lipinski definition) is 5. The molecule has 1 heterocycles. The average Bonchev–Trinajstić information content (AvgIpc) is 3.44. The Morgan fingerprint density at radius 1 is 1.21 bits per heavy atom. The monoisotopic (exact) mass is 427 g/mol. The van der Waals surface area contributed by atoms with Crippen LogP contribution in [0.15, 0.2) is 18.2 Å². The van der Waals surface area contributed by atoms with Gasteiger partial charge in [0.15, 0.2) is 11.6 Å². The van der Waals surface area contributed by atoms with E-state index in [9.17, 15) is 22.4 Å². The van der Waals surface area contributed by atoms with Gasteiger partial charge in [0, 0.05) is 13.1 Å². The van der Waals surface area contributed by atoms with Crippen molar-refractivity contribution in [2.24, 2.45) is 5.92 Å². The fourth-order valence-electron chi connectivity index (χ4n) is 2.96. The maximum Gasteiger partial charge on any atom is 0.324 e. The first-order chi connectivity index (χ1) is 13.8. The predicted octanol–water partition coefficient (Wildman–Crippen LogP) is 1.76.